The Morgan fingerprint density at radius 3 is 2.75 bits per heavy atom. The maximum atomic E-state index is 11.4. The Labute approximate surface area is 122 Å². The second kappa shape index (κ2) is 6.43. The Kier molecular flexibility index (Phi) is 4.86. The van der Waals surface area contributed by atoms with Gasteiger partial charge < -0.3 is 18.9 Å². The first-order chi connectivity index (χ1) is 9.55. The van der Waals surface area contributed by atoms with Crippen LogP contribution in [0.15, 0.2) is 18.2 Å². The SMILES string of the molecule is COC(=O)C[C@@H]1O[C@@H](C)O[C@H]1c1cc(OC)ccc1Cl. The van der Waals surface area contributed by atoms with Crippen molar-refractivity contribution in [3.05, 3.63) is 28.8 Å². The van der Waals surface area contributed by atoms with E-state index in [4.69, 9.17) is 25.8 Å². The molecule has 0 N–H and O–H groups in total. The van der Waals surface area contributed by atoms with E-state index in [9.17, 15) is 4.79 Å². The summed E-state index contributed by atoms with van der Waals surface area (Å²) in [5.41, 5.74) is 0.740. The second-order valence-electron chi connectivity index (χ2n) is 4.47. The zero-order chi connectivity index (χ0) is 14.7. The zero-order valence-corrected chi connectivity index (χ0v) is 12.3. The average Bonchev–Trinajstić information content (AvgIpc) is 2.79. The van der Waals surface area contributed by atoms with Gasteiger partial charge >= 0.3 is 5.97 Å². The predicted molar refractivity (Wildman–Crippen MR) is 72.8 cm³/mol. The molecule has 1 saturated heterocycles. The van der Waals surface area contributed by atoms with Crippen molar-refractivity contribution < 1.29 is 23.7 Å². The van der Waals surface area contributed by atoms with Crippen molar-refractivity contribution in [1.82, 2.24) is 0 Å². The molecule has 0 saturated carbocycles. The molecular weight excluding hydrogens is 284 g/mol. The Hall–Kier alpha value is -1.30. The highest BCUT2D eigenvalue weighted by Gasteiger charge is 2.38. The third-order valence-corrected chi connectivity index (χ3v) is 3.49. The van der Waals surface area contributed by atoms with Gasteiger partial charge in [-0.2, -0.15) is 0 Å². The fourth-order valence-electron chi connectivity index (χ4n) is 2.19. The normalized spacial score (nSPS) is 25.5. The number of ether oxygens (including phenoxy) is 4. The number of methoxy groups -OCH3 is 2. The summed E-state index contributed by atoms with van der Waals surface area (Å²) < 4.78 is 21.2. The van der Waals surface area contributed by atoms with Gasteiger partial charge in [0.25, 0.3) is 0 Å². The number of carbonyl (C=O) groups is 1. The number of rotatable bonds is 4. The minimum absolute atomic E-state index is 0.110. The molecule has 2 rings (SSSR count). The lowest BCUT2D eigenvalue weighted by molar-refractivity contribution is -0.143. The number of halogens is 1. The summed E-state index contributed by atoms with van der Waals surface area (Å²) in [5.74, 6) is 0.320. The lowest BCUT2D eigenvalue weighted by atomic mass is 10.0. The van der Waals surface area contributed by atoms with Crippen LogP contribution in [0.25, 0.3) is 0 Å². The summed E-state index contributed by atoms with van der Waals surface area (Å²) in [4.78, 5) is 11.4. The summed E-state index contributed by atoms with van der Waals surface area (Å²) in [7, 11) is 2.92. The Morgan fingerprint density at radius 1 is 1.35 bits per heavy atom. The molecule has 3 atom stereocenters. The van der Waals surface area contributed by atoms with Crippen molar-refractivity contribution in [2.45, 2.75) is 31.8 Å². The molecule has 20 heavy (non-hydrogen) atoms. The molecule has 0 amide bonds. The van der Waals surface area contributed by atoms with E-state index in [0.717, 1.165) is 5.56 Å². The molecule has 1 aliphatic rings. The summed E-state index contributed by atoms with van der Waals surface area (Å²) >= 11 is 6.21. The fourth-order valence-corrected chi connectivity index (χ4v) is 2.41. The molecule has 6 heteroatoms. The first-order valence-corrected chi connectivity index (χ1v) is 6.64. The number of benzene rings is 1. The maximum absolute atomic E-state index is 11.4. The van der Waals surface area contributed by atoms with Gasteiger partial charge in [0, 0.05) is 10.6 Å². The van der Waals surface area contributed by atoms with Gasteiger partial charge in [-0.1, -0.05) is 11.6 Å². The smallest absolute Gasteiger partial charge is 0.308 e. The van der Waals surface area contributed by atoms with Crippen molar-refractivity contribution in [3.63, 3.8) is 0 Å². The van der Waals surface area contributed by atoms with Crippen LogP contribution < -0.4 is 4.74 Å². The van der Waals surface area contributed by atoms with E-state index in [2.05, 4.69) is 4.74 Å². The van der Waals surface area contributed by atoms with E-state index in [-0.39, 0.29) is 12.4 Å². The molecule has 0 unspecified atom stereocenters. The maximum Gasteiger partial charge on any atom is 0.308 e. The van der Waals surface area contributed by atoms with Crippen LogP contribution in [0.4, 0.5) is 0 Å². The monoisotopic (exact) mass is 300 g/mol. The molecule has 110 valence electrons. The van der Waals surface area contributed by atoms with Gasteiger partial charge in [-0.15, -0.1) is 0 Å². The van der Waals surface area contributed by atoms with Crippen LogP contribution in [0.3, 0.4) is 0 Å². The van der Waals surface area contributed by atoms with Crippen LogP contribution in [-0.4, -0.2) is 32.6 Å². The van der Waals surface area contributed by atoms with Gasteiger partial charge in [-0.25, -0.2) is 0 Å². The lowest BCUT2D eigenvalue weighted by Gasteiger charge is -2.18. The van der Waals surface area contributed by atoms with Crippen LogP contribution in [0.5, 0.6) is 5.75 Å². The fraction of sp³-hybridized carbons (Fsp3) is 0.500. The molecule has 0 bridgehead atoms. The largest absolute Gasteiger partial charge is 0.497 e. The zero-order valence-electron chi connectivity index (χ0n) is 11.6. The molecular formula is C14H17ClO5. The van der Waals surface area contributed by atoms with Crippen LogP contribution >= 0.6 is 11.6 Å². The molecule has 1 heterocycles. The average molecular weight is 301 g/mol. The van der Waals surface area contributed by atoms with Crippen molar-refractivity contribution in [1.29, 1.82) is 0 Å². The minimum Gasteiger partial charge on any atom is -0.497 e. The lowest BCUT2D eigenvalue weighted by Crippen LogP contribution is -2.20. The predicted octanol–water partition coefficient (Wildman–Crippen LogP) is 2.71. The summed E-state index contributed by atoms with van der Waals surface area (Å²) in [6.07, 6.45) is -1.15. The summed E-state index contributed by atoms with van der Waals surface area (Å²) in [6, 6.07) is 5.29. The first-order valence-electron chi connectivity index (χ1n) is 6.26. The highest BCUT2D eigenvalue weighted by atomic mass is 35.5. The summed E-state index contributed by atoms with van der Waals surface area (Å²) in [5, 5.41) is 0.545. The molecule has 0 aromatic heterocycles. The third-order valence-electron chi connectivity index (χ3n) is 3.15. The minimum atomic E-state index is -0.429. The highest BCUT2D eigenvalue weighted by molar-refractivity contribution is 6.31. The van der Waals surface area contributed by atoms with Gasteiger partial charge in [0.1, 0.15) is 18.0 Å². The number of esters is 1. The molecule has 1 aromatic carbocycles. The number of hydrogen-bond donors (Lipinski definition) is 0. The molecule has 0 spiro atoms. The van der Waals surface area contributed by atoms with Gasteiger partial charge in [-0.05, 0) is 25.1 Å². The van der Waals surface area contributed by atoms with E-state index in [1.54, 1.807) is 32.2 Å². The van der Waals surface area contributed by atoms with Crippen molar-refractivity contribution in [2.24, 2.45) is 0 Å². The van der Waals surface area contributed by atoms with Gasteiger partial charge in [-0.3, -0.25) is 4.79 Å². The molecule has 0 aliphatic carbocycles. The van der Waals surface area contributed by atoms with Crippen LogP contribution in [0, 0.1) is 0 Å². The van der Waals surface area contributed by atoms with E-state index >= 15 is 0 Å². The van der Waals surface area contributed by atoms with Gasteiger partial charge in [0.2, 0.25) is 0 Å². The highest BCUT2D eigenvalue weighted by Crippen LogP contribution is 2.39. The topological polar surface area (TPSA) is 54.0 Å². The summed E-state index contributed by atoms with van der Waals surface area (Å²) in [6.45, 7) is 1.78. The van der Waals surface area contributed by atoms with Gasteiger partial charge in [0.05, 0.1) is 20.6 Å². The van der Waals surface area contributed by atoms with Crippen LogP contribution in [0.1, 0.15) is 25.0 Å². The molecule has 1 aromatic rings. The first kappa shape index (κ1) is 15.1. The Morgan fingerprint density at radius 2 is 2.10 bits per heavy atom. The second-order valence-corrected chi connectivity index (χ2v) is 4.87. The quantitative estimate of drug-likeness (QED) is 0.800. The molecule has 5 nitrogen and oxygen atoms in total. The third kappa shape index (κ3) is 3.23. The van der Waals surface area contributed by atoms with Crippen molar-refractivity contribution in [2.75, 3.05) is 14.2 Å². The van der Waals surface area contributed by atoms with E-state index < -0.39 is 18.5 Å². The Balaban J connectivity index is 2.26. The number of carbonyl (C=O) groups excluding carboxylic acids is 1. The molecule has 1 aliphatic heterocycles. The van der Waals surface area contributed by atoms with E-state index in [1.807, 2.05) is 0 Å². The standard InChI is InChI=1S/C14H17ClO5/c1-8-19-12(7-13(16)18-3)14(20-8)10-6-9(17-2)4-5-11(10)15/h4-6,8,12,14H,7H2,1-3H3/t8-,12+,14+/m1/s1. The molecule has 0 radical (unpaired) electrons. The van der Waals surface area contributed by atoms with E-state index in [0.29, 0.717) is 10.8 Å². The molecule has 1 fully saturated rings. The van der Waals surface area contributed by atoms with Gasteiger partial charge in [0.15, 0.2) is 6.29 Å². The van der Waals surface area contributed by atoms with Crippen molar-refractivity contribution in [3.8, 4) is 5.75 Å². The van der Waals surface area contributed by atoms with Crippen molar-refractivity contribution >= 4 is 17.6 Å². The van der Waals surface area contributed by atoms with Crippen LogP contribution in [0.2, 0.25) is 5.02 Å². The number of hydrogen-bond acceptors (Lipinski definition) is 5. The van der Waals surface area contributed by atoms with Crippen LogP contribution in [-0.2, 0) is 19.0 Å². The Bertz CT molecular complexity index is 490. The van der Waals surface area contributed by atoms with E-state index in [1.165, 1.54) is 7.11 Å².